The van der Waals surface area contributed by atoms with Crippen LogP contribution in [-0.2, 0) is 4.74 Å². The minimum atomic E-state index is -0.507. The van der Waals surface area contributed by atoms with Crippen molar-refractivity contribution >= 4 is 33.4 Å². The number of carbonyl (C=O) groups is 1. The molecular weight excluding hydrogens is 358 g/mol. The van der Waals surface area contributed by atoms with Gasteiger partial charge in [-0.1, -0.05) is 6.07 Å². The van der Waals surface area contributed by atoms with Crippen LogP contribution in [0.5, 0.6) is 0 Å². The minimum absolute atomic E-state index is 0.217. The fourth-order valence-electron chi connectivity index (χ4n) is 3.51. The van der Waals surface area contributed by atoms with Crippen molar-refractivity contribution < 1.29 is 9.53 Å². The number of aryl methyl sites for hydroxylation is 1. The number of H-pyrrole nitrogens is 1. The van der Waals surface area contributed by atoms with E-state index in [0.29, 0.717) is 27.8 Å². The van der Waals surface area contributed by atoms with Gasteiger partial charge in [-0.05, 0) is 36.6 Å². The number of methoxy groups -OCH3 is 1. The first-order valence-electron chi connectivity index (χ1n) is 8.64. The first-order valence-corrected chi connectivity index (χ1v) is 8.64. The van der Waals surface area contributed by atoms with Gasteiger partial charge >= 0.3 is 5.97 Å². The van der Waals surface area contributed by atoms with Crippen molar-refractivity contribution in [2.45, 2.75) is 6.92 Å². The molecule has 0 aliphatic rings. The summed E-state index contributed by atoms with van der Waals surface area (Å²) in [6.45, 7) is 1.71. The Balaban J connectivity index is 1.77. The van der Waals surface area contributed by atoms with Crippen LogP contribution in [0.1, 0.15) is 16.1 Å². The molecule has 0 unspecified atom stereocenters. The molecule has 0 saturated carbocycles. The van der Waals surface area contributed by atoms with Crippen LogP contribution in [0.15, 0.2) is 53.7 Å². The number of ether oxygens (including phenoxy) is 1. The third kappa shape index (κ3) is 2.18. The predicted molar refractivity (Wildman–Crippen MR) is 104 cm³/mol. The molecule has 0 spiro atoms. The number of hydrogen-bond acceptors (Lipinski definition) is 5. The Hall–Kier alpha value is -3.94. The first kappa shape index (κ1) is 16.2. The van der Waals surface area contributed by atoms with Gasteiger partial charge in [0.1, 0.15) is 5.56 Å². The number of rotatable bonds is 2. The molecule has 0 aliphatic heterocycles. The van der Waals surface area contributed by atoms with Crippen LogP contribution in [0.4, 0.5) is 0 Å². The van der Waals surface area contributed by atoms with Crippen LogP contribution in [0.25, 0.3) is 33.1 Å². The van der Waals surface area contributed by atoms with E-state index in [1.165, 1.54) is 17.8 Å². The molecule has 0 aliphatic carbocycles. The van der Waals surface area contributed by atoms with E-state index in [2.05, 4.69) is 15.1 Å². The van der Waals surface area contributed by atoms with E-state index in [0.717, 1.165) is 16.6 Å². The largest absolute Gasteiger partial charge is 0.465 e. The van der Waals surface area contributed by atoms with E-state index in [4.69, 9.17) is 4.74 Å². The number of fused-ring (bicyclic) bond motifs is 4. The quantitative estimate of drug-likeness (QED) is 0.480. The zero-order valence-corrected chi connectivity index (χ0v) is 15.1. The van der Waals surface area contributed by atoms with Crippen molar-refractivity contribution in [3.05, 3.63) is 70.5 Å². The molecule has 0 fully saturated rings. The summed E-state index contributed by atoms with van der Waals surface area (Å²) < 4.78 is 7.90. The normalized spacial score (nSPS) is 11.5. The molecule has 1 aromatic carbocycles. The predicted octanol–water partition coefficient (Wildman–Crippen LogP) is 2.61. The summed E-state index contributed by atoms with van der Waals surface area (Å²) in [5.74, 6) is -0.507. The van der Waals surface area contributed by atoms with E-state index < -0.39 is 5.97 Å². The van der Waals surface area contributed by atoms with Crippen LogP contribution in [0.2, 0.25) is 0 Å². The summed E-state index contributed by atoms with van der Waals surface area (Å²) in [6.07, 6.45) is 5.03. The Morgan fingerprint density at radius 1 is 1.21 bits per heavy atom. The van der Waals surface area contributed by atoms with Gasteiger partial charge < -0.3 is 9.72 Å². The Kier molecular flexibility index (Phi) is 3.35. The van der Waals surface area contributed by atoms with Crippen molar-refractivity contribution in [2.75, 3.05) is 7.11 Å². The van der Waals surface area contributed by atoms with Gasteiger partial charge in [0, 0.05) is 24.1 Å². The molecule has 28 heavy (non-hydrogen) atoms. The number of nitrogens with zero attached hydrogens (tertiary/aromatic N) is 4. The highest BCUT2D eigenvalue weighted by Gasteiger charge is 2.21. The van der Waals surface area contributed by atoms with E-state index in [9.17, 15) is 9.59 Å². The van der Waals surface area contributed by atoms with E-state index in [1.54, 1.807) is 23.8 Å². The van der Waals surface area contributed by atoms with Gasteiger partial charge in [0.2, 0.25) is 0 Å². The number of esters is 1. The lowest BCUT2D eigenvalue weighted by Crippen LogP contribution is -2.19. The second kappa shape index (κ2) is 5.78. The van der Waals surface area contributed by atoms with E-state index in [-0.39, 0.29) is 5.56 Å². The van der Waals surface area contributed by atoms with Gasteiger partial charge in [0.15, 0.2) is 5.65 Å². The van der Waals surface area contributed by atoms with Crippen molar-refractivity contribution in [1.82, 2.24) is 24.1 Å². The highest BCUT2D eigenvalue weighted by molar-refractivity contribution is 5.98. The summed E-state index contributed by atoms with van der Waals surface area (Å²) in [6, 6.07) is 9.53. The first-order chi connectivity index (χ1) is 13.6. The second-order valence-corrected chi connectivity index (χ2v) is 6.48. The van der Waals surface area contributed by atoms with Gasteiger partial charge in [-0.25, -0.2) is 14.3 Å². The van der Waals surface area contributed by atoms with Crippen LogP contribution in [-0.4, -0.2) is 37.2 Å². The third-order valence-corrected chi connectivity index (χ3v) is 4.89. The average Bonchev–Trinajstić information content (AvgIpc) is 3.30. The molecule has 0 saturated heterocycles. The summed E-state index contributed by atoms with van der Waals surface area (Å²) >= 11 is 0. The maximum atomic E-state index is 13.1. The lowest BCUT2D eigenvalue weighted by Gasteiger charge is -2.08. The van der Waals surface area contributed by atoms with Gasteiger partial charge in [0.25, 0.3) is 5.56 Å². The molecule has 8 nitrogen and oxygen atoms in total. The summed E-state index contributed by atoms with van der Waals surface area (Å²) in [5, 5.41) is 5.86. The zero-order valence-electron chi connectivity index (χ0n) is 15.1. The maximum absolute atomic E-state index is 13.1. The number of pyridine rings is 1. The Bertz CT molecular complexity index is 1460. The smallest absolute Gasteiger partial charge is 0.343 e. The van der Waals surface area contributed by atoms with Gasteiger partial charge in [-0.15, -0.1) is 0 Å². The molecule has 0 amide bonds. The molecule has 0 atom stereocenters. The summed E-state index contributed by atoms with van der Waals surface area (Å²) in [4.78, 5) is 32.6. The summed E-state index contributed by atoms with van der Waals surface area (Å²) in [5.41, 5.74) is 3.20. The summed E-state index contributed by atoms with van der Waals surface area (Å²) in [7, 11) is 1.31. The third-order valence-electron chi connectivity index (χ3n) is 4.89. The van der Waals surface area contributed by atoms with Crippen LogP contribution < -0.4 is 5.56 Å². The number of aromatic amines is 1. The molecule has 4 aromatic heterocycles. The lowest BCUT2D eigenvalue weighted by atomic mass is 10.2. The molecule has 0 bridgehead atoms. The molecule has 0 radical (unpaired) electrons. The molecule has 138 valence electrons. The molecule has 5 aromatic rings. The van der Waals surface area contributed by atoms with Gasteiger partial charge in [0.05, 0.1) is 29.4 Å². The highest BCUT2D eigenvalue weighted by atomic mass is 16.5. The van der Waals surface area contributed by atoms with Crippen molar-refractivity contribution in [2.24, 2.45) is 0 Å². The van der Waals surface area contributed by atoms with Crippen LogP contribution in [0, 0.1) is 6.92 Å². The monoisotopic (exact) mass is 373 g/mol. The highest BCUT2D eigenvalue weighted by Crippen LogP contribution is 2.20. The number of benzene rings is 1. The van der Waals surface area contributed by atoms with Gasteiger partial charge in [-0.3, -0.25) is 9.36 Å². The number of carbonyl (C=O) groups excluding carboxylic acids is 1. The molecule has 5 rings (SSSR count). The second-order valence-electron chi connectivity index (χ2n) is 6.48. The Morgan fingerprint density at radius 3 is 2.89 bits per heavy atom. The fraction of sp³-hybridized carbons (Fsp3) is 0.100. The Morgan fingerprint density at radius 2 is 2.07 bits per heavy atom. The minimum Gasteiger partial charge on any atom is -0.465 e. The van der Waals surface area contributed by atoms with Crippen molar-refractivity contribution in [3.8, 4) is 5.69 Å². The number of nitrogens with one attached hydrogen (secondary N) is 1. The molecular formula is C20H15N5O3. The van der Waals surface area contributed by atoms with Crippen molar-refractivity contribution in [3.63, 3.8) is 0 Å². The standard InChI is InChI=1S/C20H15N5O3/c1-11-17(20(27)28-2)18-22-10-14-16(25(18)23-11)6-8-24(19(14)26)13-4-3-12-5-7-21-15(12)9-13/h3-10,21H,1-2H3. The van der Waals surface area contributed by atoms with Gasteiger partial charge in [-0.2, -0.15) is 5.10 Å². The zero-order chi connectivity index (χ0) is 19.4. The maximum Gasteiger partial charge on any atom is 0.343 e. The van der Waals surface area contributed by atoms with Crippen molar-refractivity contribution in [1.29, 1.82) is 0 Å². The lowest BCUT2D eigenvalue weighted by molar-refractivity contribution is 0.0602. The number of hydrogen-bond donors (Lipinski definition) is 1. The topological polar surface area (TPSA) is 94.3 Å². The fourth-order valence-corrected chi connectivity index (χ4v) is 3.51. The van der Waals surface area contributed by atoms with Crippen LogP contribution in [0.3, 0.4) is 0 Å². The molecule has 8 heteroatoms. The average molecular weight is 373 g/mol. The molecule has 1 N–H and O–H groups in total. The van der Waals surface area contributed by atoms with E-state index >= 15 is 0 Å². The SMILES string of the molecule is COC(=O)c1c(C)nn2c1ncc1c(=O)n(-c3ccc4cc[nH]c4c3)ccc12. The van der Waals surface area contributed by atoms with E-state index in [1.807, 2.05) is 30.5 Å². The number of aromatic nitrogens is 5. The Labute approximate surface area is 158 Å². The van der Waals surface area contributed by atoms with Crippen LogP contribution >= 0.6 is 0 Å². The molecule has 4 heterocycles.